The molecule has 0 radical (unpaired) electrons. The maximum atomic E-state index is 5.38. The van der Waals surface area contributed by atoms with Crippen molar-refractivity contribution >= 4 is 17.8 Å². The Bertz CT molecular complexity index is 447. The van der Waals surface area contributed by atoms with E-state index in [0.717, 1.165) is 19.5 Å². The minimum Gasteiger partial charge on any atom is -0.378 e. The van der Waals surface area contributed by atoms with Crippen LogP contribution in [0, 0.1) is 5.92 Å². The number of hydrogen-bond donors (Lipinski definition) is 2. The standard InChI is InChI=1S/C14H26N6O/c1-5-11(10(2)3)16-13-17-12(15-4)18-14(19-13)20-6-8-21-9-7-20/h10-11H,5-9H2,1-4H3,(H2,15,16,17,18,19). The van der Waals surface area contributed by atoms with Gasteiger partial charge in [0.25, 0.3) is 0 Å². The van der Waals surface area contributed by atoms with Gasteiger partial charge in [-0.2, -0.15) is 15.0 Å². The lowest BCUT2D eigenvalue weighted by Crippen LogP contribution is -2.38. The Morgan fingerprint density at radius 3 is 2.38 bits per heavy atom. The number of nitrogens with one attached hydrogen (secondary N) is 2. The van der Waals surface area contributed by atoms with Gasteiger partial charge < -0.3 is 20.3 Å². The Balaban J connectivity index is 2.20. The Morgan fingerprint density at radius 2 is 1.81 bits per heavy atom. The third kappa shape index (κ3) is 4.17. The first-order chi connectivity index (χ1) is 10.1. The monoisotopic (exact) mass is 294 g/mol. The van der Waals surface area contributed by atoms with E-state index < -0.39 is 0 Å². The van der Waals surface area contributed by atoms with Crippen LogP contribution in [0.25, 0.3) is 0 Å². The van der Waals surface area contributed by atoms with Crippen molar-refractivity contribution in [1.82, 2.24) is 15.0 Å². The highest BCUT2D eigenvalue weighted by Gasteiger charge is 2.18. The highest BCUT2D eigenvalue weighted by Crippen LogP contribution is 2.17. The fourth-order valence-corrected chi connectivity index (χ4v) is 2.35. The summed E-state index contributed by atoms with van der Waals surface area (Å²) in [5.74, 6) is 2.46. The number of hydrogen-bond acceptors (Lipinski definition) is 7. The molecule has 7 heteroatoms. The molecule has 0 aliphatic carbocycles. The normalized spacial score (nSPS) is 16.9. The highest BCUT2D eigenvalue weighted by atomic mass is 16.5. The van der Waals surface area contributed by atoms with Crippen LogP contribution in [-0.4, -0.2) is 54.3 Å². The summed E-state index contributed by atoms with van der Waals surface area (Å²) in [6.45, 7) is 9.62. The van der Waals surface area contributed by atoms with Crippen LogP contribution in [0.1, 0.15) is 27.2 Å². The summed E-state index contributed by atoms with van der Waals surface area (Å²) in [5.41, 5.74) is 0. The minimum atomic E-state index is 0.356. The highest BCUT2D eigenvalue weighted by molar-refractivity contribution is 5.44. The zero-order valence-electron chi connectivity index (χ0n) is 13.4. The number of aromatic nitrogens is 3. The number of nitrogens with zero attached hydrogens (tertiary/aromatic N) is 4. The third-order valence-electron chi connectivity index (χ3n) is 3.70. The molecule has 7 nitrogen and oxygen atoms in total. The van der Waals surface area contributed by atoms with Crippen LogP contribution in [0.15, 0.2) is 0 Å². The van der Waals surface area contributed by atoms with E-state index in [-0.39, 0.29) is 0 Å². The van der Waals surface area contributed by atoms with E-state index in [1.54, 1.807) is 0 Å². The van der Waals surface area contributed by atoms with Gasteiger partial charge in [0.2, 0.25) is 17.8 Å². The Hall–Kier alpha value is -1.63. The molecule has 2 rings (SSSR count). The van der Waals surface area contributed by atoms with E-state index in [1.807, 2.05) is 7.05 Å². The zero-order chi connectivity index (χ0) is 15.2. The maximum Gasteiger partial charge on any atom is 0.232 e. The molecule has 1 aromatic rings. The summed E-state index contributed by atoms with van der Waals surface area (Å²) in [6, 6.07) is 0.356. The minimum absolute atomic E-state index is 0.356. The van der Waals surface area contributed by atoms with Crippen molar-refractivity contribution in [3.63, 3.8) is 0 Å². The fraction of sp³-hybridized carbons (Fsp3) is 0.786. The van der Waals surface area contributed by atoms with Gasteiger partial charge in [-0.1, -0.05) is 20.8 Å². The zero-order valence-corrected chi connectivity index (χ0v) is 13.4. The van der Waals surface area contributed by atoms with E-state index in [2.05, 4.69) is 51.3 Å². The molecular formula is C14H26N6O. The molecule has 1 unspecified atom stereocenters. The summed E-state index contributed by atoms with van der Waals surface area (Å²) < 4.78 is 5.38. The van der Waals surface area contributed by atoms with Crippen LogP contribution in [0.5, 0.6) is 0 Å². The van der Waals surface area contributed by atoms with E-state index >= 15 is 0 Å². The quantitative estimate of drug-likeness (QED) is 0.825. The van der Waals surface area contributed by atoms with Gasteiger partial charge in [0.05, 0.1) is 13.2 Å². The van der Waals surface area contributed by atoms with Crippen LogP contribution in [-0.2, 0) is 4.74 Å². The predicted octanol–water partition coefficient (Wildman–Crippen LogP) is 1.60. The predicted molar refractivity (Wildman–Crippen MR) is 84.9 cm³/mol. The van der Waals surface area contributed by atoms with E-state index in [1.165, 1.54) is 0 Å². The lowest BCUT2D eigenvalue weighted by Gasteiger charge is -2.27. The molecular weight excluding hydrogens is 268 g/mol. The van der Waals surface area contributed by atoms with Crippen molar-refractivity contribution in [2.45, 2.75) is 33.2 Å². The van der Waals surface area contributed by atoms with Gasteiger partial charge in [-0.25, -0.2) is 0 Å². The van der Waals surface area contributed by atoms with E-state index in [4.69, 9.17) is 4.74 Å². The molecule has 0 saturated carbocycles. The first-order valence-electron chi connectivity index (χ1n) is 7.67. The van der Waals surface area contributed by atoms with Gasteiger partial charge in [-0.15, -0.1) is 0 Å². The number of anilines is 3. The second kappa shape index (κ2) is 7.40. The van der Waals surface area contributed by atoms with Crippen molar-refractivity contribution in [2.24, 2.45) is 5.92 Å². The van der Waals surface area contributed by atoms with Crippen molar-refractivity contribution in [3.8, 4) is 0 Å². The first kappa shape index (κ1) is 15.8. The maximum absolute atomic E-state index is 5.38. The van der Waals surface area contributed by atoms with E-state index in [0.29, 0.717) is 43.0 Å². The lowest BCUT2D eigenvalue weighted by atomic mass is 10.0. The summed E-state index contributed by atoms with van der Waals surface area (Å²) in [4.78, 5) is 15.6. The Labute approximate surface area is 126 Å². The molecule has 118 valence electrons. The summed E-state index contributed by atoms with van der Waals surface area (Å²) in [7, 11) is 1.82. The van der Waals surface area contributed by atoms with Gasteiger partial charge in [0.15, 0.2) is 0 Å². The Kier molecular flexibility index (Phi) is 5.55. The molecule has 0 amide bonds. The average molecular weight is 294 g/mol. The van der Waals surface area contributed by atoms with Crippen molar-refractivity contribution < 1.29 is 4.74 Å². The summed E-state index contributed by atoms with van der Waals surface area (Å²) in [5, 5.41) is 6.43. The van der Waals surface area contributed by atoms with Gasteiger partial charge in [-0.3, -0.25) is 0 Å². The second-order valence-corrected chi connectivity index (χ2v) is 5.54. The summed E-state index contributed by atoms with van der Waals surface area (Å²) >= 11 is 0. The SMILES string of the molecule is CCC(Nc1nc(NC)nc(N2CCOCC2)n1)C(C)C. The van der Waals surface area contributed by atoms with Gasteiger partial charge in [0, 0.05) is 26.2 Å². The van der Waals surface area contributed by atoms with Crippen LogP contribution in [0.3, 0.4) is 0 Å². The molecule has 2 heterocycles. The molecule has 1 aromatic heterocycles. The van der Waals surface area contributed by atoms with Crippen LogP contribution >= 0.6 is 0 Å². The molecule has 1 fully saturated rings. The van der Waals surface area contributed by atoms with Gasteiger partial charge >= 0.3 is 0 Å². The lowest BCUT2D eigenvalue weighted by molar-refractivity contribution is 0.122. The second-order valence-electron chi connectivity index (χ2n) is 5.54. The molecule has 0 bridgehead atoms. The smallest absolute Gasteiger partial charge is 0.232 e. The largest absolute Gasteiger partial charge is 0.378 e. The van der Waals surface area contributed by atoms with Crippen LogP contribution < -0.4 is 15.5 Å². The first-order valence-corrected chi connectivity index (χ1v) is 7.67. The third-order valence-corrected chi connectivity index (χ3v) is 3.70. The Morgan fingerprint density at radius 1 is 1.14 bits per heavy atom. The summed E-state index contributed by atoms with van der Waals surface area (Å²) in [6.07, 6.45) is 1.03. The average Bonchev–Trinajstić information content (AvgIpc) is 2.52. The number of rotatable bonds is 6. The van der Waals surface area contributed by atoms with E-state index in [9.17, 15) is 0 Å². The van der Waals surface area contributed by atoms with Gasteiger partial charge in [0.1, 0.15) is 0 Å². The fourth-order valence-electron chi connectivity index (χ4n) is 2.35. The topological polar surface area (TPSA) is 75.2 Å². The molecule has 1 atom stereocenters. The molecule has 1 aliphatic heterocycles. The molecule has 21 heavy (non-hydrogen) atoms. The molecule has 1 aliphatic rings. The molecule has 1 saturated heterocycles. The van der Waals surface area contributed by atoms with Gasteiger partial charge in [-0.05, 0) is 12.3 Å². The van der Waals surface area contributed by atoms with Crippen molar-refractivity contribution in [3.05, 3.63) is 0 Å². The molecule has 0 aromatic carbocycles. The molecule has 2 N–H and O–H groups in total. The van der Waals surface area contributed by atoms with Crippen LogP contribution in [0.2, 0.25) is 0 Å². The molecule has 0 spiro atoms. The van der Waals surface area contributed by atoms with Crippen molar-refractivity contribution in [2.75, 3.05) is 48.9 Å². The van der Waals surface area contributed by atoms with Crippen LogP contribution in [0.4, 0.5) is 17.8 Å². The number of ether oxygens (including phenoxy) is 1. The number of morpholine rings is 1. The van der Waals surface area contributed by atoms with Crippen molar-refractivity contribution in [1.29, 1.82) is 0 Å².